The molecule has 9 heteroatoms. The first-order chi connectivity index (χ1) is 21.4. The van der Waals surface area contributed by atoms with Crippen LogP contribution in [0.2, 0.25) is 5.02 Å². The molecule has 3 aromatic carbocycles. The SMILES string of the molecule is CC(C)(C)O.Cc1cc2nc(-c3cccc(-c4ccnc(N5CCN(C)CC5)c4)c3)sc2c(-c2ccc(Cl)cc2)c1CC(=O)O. The minimum absolute atomic E-state index is 0.0554. The van der Waals surface area contributed by atoms with Crippen LogP contribution in [0.5, 0.6) is 0 Å². The Labute approximate surface area is 273 Å². The number of aryl methyl sites for hydroxylation is 1. The van der Waals surface area contributed by atoms with Crippen molar-refractivity contribution in [3.63, 3.8) is 0 Å². The Morgan fingerprint density at radius 1 is 0.933 bits per heavy atom. The van der Waals surface area contributed by atoms with Gasteiger partial charge in [0.1, 0.15) is 10.8 Å². The molecule has 7 nitrogen and oxygen atoms in total. The van der Waals surface area contributed by atoms with E-state index in [2.05, 4.69) is 58.2 Å². The van der Waals surface area contributed by atoms with Crippen molar-refractivity contribution in [3.8, 4) is 32.8 Å². The molecule has 0 radical (unpaired) electrons. The number of pyridine rings is 1. The third kappa shape index (κ3) is 8.27. The molecule has 0 amide bonds. The normalized spacial score (nSPS) is 13.9. The van der Waals surface area contributed by atoms with Crippen molar-refractivity contribution in [1.82, 2.24) is 14.9 Å². The summed E-state index contributed by atoms with van der Waals surface area (Å²) < 4.78 is 0.978. The first kappa shape index (κ1) is 32.6. The zero-order valence-electron chi connectivity index (χ0n) is 26.3. The number of hydrogen-bond donors (Lipinski definition) is 2. The average molecular weight is 643 g/mol. The largest absolute Gasteiger partial charge is 0.481 e. The van der Waals surface area contributed by atoms with Gasteiger partial charge in [0.2, 0.25) is 0 Å². The number of halogens is 1. The van der Waals surface area contributed by atoms with Crippen LogP contribution in [0.1, 0.15) is 31.9 Å². The van der Waals surface area contributed by atoms with Crippen molar-refractivity contribution in [2.75, 3.05) is 38.1 Å². The number of likely N-dealkylation sites (N-methyl/N-ethyl adjacent to an activating group) is 1. The fourth-order valence-corrected chi connectivity index (χ4v) is 6.56. The Morgan fingerprint density at radius 2 is 1.58 bits per heavy atom. The van der Waals surface area contributed by atoms with Gasteiger partial charge in [-0.05, 0) is 99.0 Å². The molecule has 5 aromatic rings. The highest BCUT2D eigenvalue weighted by molar-refractivity contribution is 7.22. The van der Waals surface area contributed by atoms with Crippen molar-refractivity contribution < 1.29 is 15.0 Å². The van der Waals surface area contributed by atoms with Crippen LogP contribution in [0, 0.1) is 6.92 Å². The van der Waals surface area contributed by atoms with E-state index in [9.17, 15) is 9.90 Å². The van der Waals surface area contributed by atoms with Gasteiger partial charge < -0.3 is 20.0 Å². The maximum atomic E-state index is 11.8. The zero-order chi connectivity index (χ0) is 32.3. The molecule has 0 aliphatic carbocycles. The molecule has 2 N–H and O–H groups in total. The minimum Gasteiger partial charge on any atom is -0.481 e. The second-order valence-corrected chi connectivity index (χ2v) is 13.9. The fourth-order valence-electron chi connectivity index (χ4n) is 5.30. The number of benzene rings is 3. The number of carboxylic acids is 1. The fraction of sp³-hybridized carbons (Fsp3) is 0.306. The number of anilines is 1. The second kappa shape index (κ2) is 13.7. The Hall–Kier alpha value is -3.82. The number of carboxylic acid groups (broad SMARTS) is 1. The van der Waals surface area contributed by atoms with E-state index in [0.717, 1.165) is 86.2 Å². The van der Waals surface area contributed by atoms with Crippen molar-refractivity contribution >= 4 is 44.9 Å². The Morgan fingerprint density at radius 3 is 2.24 bits per heavy atom. The Balaban J connectivity index is 0.000000743. The van der Waals surface area contributed by atoms with Crippen molar-refractivity contribution in [1.29, 1.82) is 0 Å². The molecule has 1 saturated heterocycles. The zero-order valence-corrected chi connectivity index (χ0v) is 27.9. The number of aliphatic carboxylic acids is 1. The van der Waals surface area contributed by atoms with Gasteiger partial charge >= 0.3 is 5.97 Å². The quantitative estimate of drug-likeness (QED) is 0.195. The van der Waals surface area contributed by atoms with Gasteiger partial charge in [-0.3, -0.25) is 4.79 Å². The van der Waals surface area contributed by atoms with E-state index in [4.69, 9.17) is 21.7 Å². The van der Waals surface area contributed by atoms with Gasteiger partial charge in [0.05, 0.1) is 22.2 Å². The Kier molecular flexibility index (Phi) is 9.89. The van der Waals surface area contributed by atoms with Crippen LogP contribution < -0.4 is 4.90 Å². The molecular weight excluding hydrogens is 604 g/mol. The molecule has 0 unspecified atom stereocenters. The minimum atomic E-state index is -0.858. The summed E-state index contributed by atoms with van der Waals surface area (Å²) in [5.74, 6) is 0.147. The number of piperazine rings is 1. The van der Waals surface area contributed by atoms with Crippen molar-refractivity contribution in [2.45, 2.75) is 39.7 Å². The van der Waals surface area contributed by atoms with Gasteiger partial charge in [-0.15, -0.1) is 11.3 Å². The second-order valence-electron chi connectivity index (χ2n) is 12.4. The van der Waals surface area contributed by atoms with E-state index in [-0.39, 0.29) is 6.42 Å². The molecule has 1 fully saturated rings. The number of aliphatic hydroxyl groups is 1. The van der Waals surface area contributed by atoms with Gasteiger partial charge in [0, 0.05) is 48.5 Å². The maximum Gasteiger partial charge on any atom is 0.307 e. The predicted octanol–water partition coefficient (Wildman–Crippen LogP) is 7.81. The number of nitrogens with zero attached hydrogens (tertiary/aromatic N) is 4. The number of hydrogen-bond acceptors (Lipinski definition) is 7. The molecule has 3 heterocycles. The van der Waals surface area contributed by atoms with Crippen LogP contribution in [0.4, 0.5) is 5.82 Å². The summed E-state index contributed by atoms with van der Waals surface area (Å²) in [4.78, 5) is 26.1. The molecule has 1 aliphatic heterocycles. The summed E-state index contributed by atoms with van der Waals surface area (Å²) >= 11 is 7.76. The molecular formula is C36H39ClN4O3S. The van der Waals surface area contributed by atoms with Gasteiger partial charge in [-0.1, -0.05) is 41.9 Å². The standard InChI is InChI=1S/C32H29ClN4O2S.C4H10O/c1-20-16-27-31(30(26(20)19-29(38)39)21-6-8-25(33)9-7-21)40-32(35-27)24-5-3-4-22(17-24)23-10-11-34-28(18-23)37-14-12-36(2)13-15-37;1-4(2,3)5/h3-11,16-18H,12-15,19H2,1-2H3,(H,38,39);5H,1-3H3. The number of thiazole rings is 1. The van der Waals surface area contributed by atoms with E-state index in [0.29, 0.717) is 5.02 Å². The average Bonchev–Trinajstić information content (AvgIpc) is 3.41. The summed E-state index contributed by atoms with van der Waals surface area (Å²) in [6, 6.07) is 22.2. The third-order valence-electron chi connectivity index (χ3n) is 7.49. The van der Waals surface area contributed by atoms with E-state index < -0.39 is 11.6 Å². The predicted molar refractivity (Wildman–Crippen MR) is 186 cm³/mol. The van der Waals surface area contributed by atoms with Gasteiger partial charge in [0.15, 0.2) is 0 Å². The molecule has 0 spiro atoms. The van der Waals surface area contributed by atoms with E-state index in [1.807, 2.05) is 43.5 Å². The third-order valence-corrected chi connectivity index (χ3v) is 8.88. The van der Waals surface area contributed by atoms with Gasteiger partial charge in [0.25, 0.3) is 0 Å². The highest BCUT2D eigenvalue weighted by Crippen LogP contribution is 2.41. The van der Waals surface area contributed by atoms with Gasteiger partial charge in [-0.25, -0.2) is 9.97 Å². The number of rotatable bonds is 6. The summed E-state index contributed by atoms with van der Waals surface area (Å²) in [5, 5.41) is 19.7. The van der Waals surface area contributed by atoms with Crippen molar-refractivity contribution in [2.24, 2.45) is 0 Å². The van der Waals surface area contributed by atoms with Crippen LogP contribution in [0.25, 0.3) is 43.0 Å². The lowest BCUT2D eigenvalue weighted by Crippen LogP contribution is -2.44. The number of aromatic nitrogens is 2. The van der Waals surface area contributed by atoms with Crippen LogP contribution in [-0.4, -0.2) is 69.9 Å². The molecule has 234 valence electrons. The Bertz CT molecular complexity index is 1800. The lowest BCUT2D eigenvalue weighted by atomic mass is 9.93. The first-order valence-corrected chi connectivity index (χ1v) is 16.2. The summed E-state index contributed by atoms with van der Waals surface area (Å²) in [6.07, 6.45) is 1.83. The molecule has 6 rings (SSSR count). The van der Waals surface area contributed by atoms with E-state index in [1.165, 1.54) is 0 Å². The van der Waals surface area contributed by atoms with Gasteiger partial charge in [-0.2, -0.15) is 0 Å². The summed E-state index contributed by atoms with van der Waals surface area (Å²) in [7, 11) is 2.15. The van der Waals surface area contributed by atoms with Crippen LogP contribution >= 0.6 is 22.9 Å². The topological polar surface area (TPSA) is 89.8 Å². The molecule has 0 saturated carbocycles. The van der Waals surface area contributed by atoms with Crippen molar-refractivity contribution in [3.05, 3.63) is 89.1 Å². The highest BCUT2D eigenvalue weighted by Gasteiger charge is 2.20. The smallest absolute Gasteiger partial charge is 0.307 e. The van der Waals surface area contributed by atoms with E-state index in [1.54, 1.807) is 32.1 Å². The first-order valence-electron chi connectivity index (χ1n) is 15.0. The van der Waals surface area contributed by atoms with Crippen LogP contribution in [-0.2, 0) is 11.2 Å². The van der Waals surface area contributed by atoms with E-state index >= 15 is 0 Å². The number of carbonyl (C=O) groups is 1. The molecule has 1 aliphatic rings. The highest BCUT2D eigenvalue weighted by atomic mass is 35.5. The lowest BCUT2D eigenvalue weighted by molar-refractivity contribution is -0.136. The van der Waals surface area contributed by atoms with Crippen LogP contribution in [0.3, 0.4) is 0 Å². The number of fused-ring (bicyclic) bond motifs is 1. The summed E-state index contributed by atoms with van der Waals surface area (Å²) in [6.45, 7) is 11.2. The molecule has 2 aromatic heterocycles. The molecule has 0 bridgehead atoms. The maximum absolute atomic E-state index is 11.8. The summed E-state index contributed by atoms with van der Waals surface area (Å²) in [5.41, 5.74) is 7.19. The molecule has 45 heavy (non-hydrogen) atoms. The van der Waals surface area contributed by atoms with Crippen LogP contribution in [0.15, 0.2) is 72.9 Å². The lowest BCUT2D eigenvalue weighted by Gasteiger charge is -2.33. The monoisotopic (exact) mass is 642 g/mol. The molecule has 0 atom stereocenters.